The minimum absolute atomic E-state index is 0. The molecule has 0 radical (unpaired) electrons. The minimum atomic E-state index is -0.223. The van der Waals surface area contributed by atoms with Gasteiger partial charge in [0.2, 0.25) is 0 Å². The maximum absolute atomic E-state index is 13.0. The molecule has 6 nitrogen and oxygen atoms in total. The summed E-state index contributed by atoms with van der Waals surface area (Å²) < 4.78 is 15.2. The molecule has 180 valence electrons. The highest BCUT2D eigenvalue weighted by molar-refractivity contribution is 5.82. The maximum atomic E-state index is 13.0. The minimum Gasteiger partial charge on any atom is -0.338 e. The van der Waals surface area contributed by atoms with Crippen molar-refractivity contribution in [3.05, 3.63) is 83.9 Å². The van der Waals surface area contributed by atoms with E-state index < -0.39 is 0 Å². The highest BCUT2D eigenvalue weighted by atomic mass is 19.1. The van der Waals surface area contributed by atoms with Gasteiger partial charge in [-0.05, 0) is 61.6 Å². The Balaban J connectivity index is 0.00000267. The first kappa shape index (κ1) is 21.8. The van der Waals surface area contributed by atoms with Gasteiger partial charge in [-0.2, -0.15) is 5.10 Å². The highest BCUT2D eigenvalue weighted by Crippen LogP contribution is 2.43. The van der Waals surface area contributed by atoms with Gasteiger partial charge in [0.15, 0.2) is 0 Å². The number of rotatable bonds is 5. The van der Waals surface area contributed by atoms with Crippen molar-refractivity contribution in [2.45, 2.75) is 37.6 Å². The van der Waals surface area contributed by atoms with Crippen LogP contribution in [0.3, 0.4) is 0 Å². The SMILES string of the molecule is O=C(NCCCc1ccc(F)cc1)N1CCC2(CCn3nc(-c4cnc5ccccc5c4)cc32)C1.[HH]. The average Bonchev–Trinajstić information content (AvgIpc) is 3.59. The first-order chi connectivity index (χ1) is 17.1. The van der Waals surface area contributed by atoms with E-state index in [-0.39, 0.29) is 18.7 Å². The van der Waals surface area contributed by atoms with Crippen LogP contribution in [0.2, 0.25) is 0 Å². The molecule has 1 saturated heterocycles. The molecule has 2 amide bonds. The molecular formula is C28H30FN5O. The number of hydrogen-bond donors (Lipinski definition) is 1. The fraction of sp³-hybridized carbons (Fsp3) is 0.321. The van der Waals surface area contributed by atoms with Crippen molar-refractivity contribution < 1.29 is 10.6 Å². The van der Waals surface area contributed by atoms with Gasteiger partial charge < -0.3 is 10.2 Å². The number of halogens is 1. The van der Waals surface area contributed by atoms with Crippen LogP contribution < -0.4 is 5.32 Å². The van der Waals surface area contributed by atoms with E-state index in [1.807, 2.05) is 29.3 Å². The quantitative estimate of drug-likeness (QED) is 0.408. The second-order valence-corrected chi connectivity index (χ2v) is 9.72. The average molecular weight is 472 g/mol. The van der Waals surface area contributed by atoms with E-state index in [4.69, 9.17) is 5.10 Å². The van der Waals surface area contributed by atoms with Crippen LogP contribution in [0.5, 0.6) is 0 Å². The Kier molecular flexibility index (Phi) is 5.47. The summed E-state index contributed by atoms with van der Waals surface area (Å²) in [5.74, 6) is -0.223. The zero-order valence-corrected chi connectivity index (χ0v) is 19.6. The van der Waals surface area contributed by atoms with E-state index in [1.54, 1.807) is 12.1 Å². The first-order valence-electron chi connectivity index (χ1n) is 12.3. The van der Waals surface area contributed by atoms with Crippen molar-refractivity contribution in [1.29, 1.82) is 0 Å². The third-order valence-corrected chi connectivity index (χ3v) is 7.48. The number of aryl methyl sites for hydroxylation is 2. The molecule has 4 aromatic rings. The number of pyridine rings is 1. The van der Waals surface area contributed by atoms with E-state index in [1.165, 1.54) is 17.8 Å². The summed E-state index contributed by atoms with van der Waals surface area (Å²) in [5, 5.41) is 9.06. The maximum Gasteiger partial charge on any atom is 0.317 e. The van der Waals surface area contributed by atoms with Gasteiger partial charge in [0, 0.05) is 55.9 Å². The van der Waals surface area contributed by atoms with E-state index in [9.17, 15) is 9.18 Å². The number of hydrogen-bond acceptors (Lipinski definition) is 3. The number of likely N-dealkylation sites (tertiary alicyclic amines) is 1. The number of urea groups is 1. The molecule has 1 fully saturated rings. The van der Waals surface area contributed by atoms with Gasteiger partial charge in [0.05, 0.1) is 11.2 Å². The molecule has 2 aliphatic heterocycles. The van der Waals surface area contributed by atoms with Crippen LogP contribution in [0.25, 0.3) is 22.2 Å². The van der Waals surface area contributed by atoms with Crippen LogP contribution in [-0.2, 0) is 18.4 Å². The van der Waals surface area contributed by atoms with E-state index in [2.05, 4.69) is 33.2 Å². The largest absolute Gasteiger partial charge is 0.338 e. The lowest BCUT2D eigenvalue weighted by molar-refractivity contribution is 0.205. The number of benzene rings is 2. The molecule has 0 aliphatic carbocycles. The summed E-state index contributed by atoms with van der Waals surface area (Å²) in [5.41, 5.74) is 5.23. The standard InChI is InChI=1S/C28H28FN5O.H2/c29-23-9-7-20(8-10-23)4-3-13-30-27(35)33-14-11-28(19-33)12-15-34-26(28)17-25(32-34)22-16-21-5-1-2-6-24(21)31-18-22;/h1-2,5-10,16-18H,3-4,11-15,19H2,(H,30,35);1H. The van der Waals surface area contributed by atoms with Crippen LogP contribution in [0, 0.1) is 5.82 Å². The number of para-hydroxylation sites is 1. The highest BCUT2D eigenvalue weighted by Gasteiger charge is 2.46. The van der Waals surface area contributed by atoms with Crippen molar-refractivity contribution in [3.63, 3.8) is 0 Å². The molecule has 35 heavy (non-hydrogen) atoms. The molecule has 2 aromatic carbocycles. The summed E-state index contributed by atoms with van der Waals surface area (Å²) in [4.78, 5) is 19.4. The molecule has 1 N–H and O–H groups in total. The van der Waals surface area contributed by atoms with Crippen LogP contribution in [-0.4, -0.2) is 45.3 Å². The smallest absolute Gasteiger partial charge is 0.317 e. The molecule has 1 spiro atoms. The lowest BCUT2D eigenvalue weighted by atomic mass is 9.82. The van der Waals surface area contributed by atoms with Gasteiger partial charge in [-0.1, -0.05) is 30.3 Å². The van der Waals surface area contributed by atoms with Crippen molar-refractivity contribution >= 4 is 16.9 Å². The van der Waals surface area contributed by atoms with Crippen LogP contribution >= 0.6 is 0 Å². The number of carbonyl (C=O) groups excluding carboxylic acids is 1. The zero-order chi connectivity index (χ0) is 23.8. The Hall–Kier alpha value is -3.74. The third-order valence-electron chi connectivity index (χ3n) is 7.48. The fourth-order valence-corrected chi connectivity index (χ4v) is 5.52. The van der Waals surface area contributed by atoms with Crippen molar-refractivity contribution in [1.82, 2.24) is 25.0 Å². The number of fused-ring (bicyclic) bond motifs is 3. The molecule has 4 heterocycles. The molecule has 2 aliphatic rings. The zero-order valence-electron chi connectivity index (χ0n) is 19.6. The molecule has 0 bridgehead atoms. The second kappa shape index (κ2) is 8.80. The Labute approximate surface area is 205 Å². The predicted molar refractivity (Wildman–Crippen MR) is 136 cm³/mol. The van der Waals surface area contributed by atoms with Gasteiger partial charge in [0.1, 0.15) is 5.82 Å². The molecule has 2 aromatic heterocycles. The van der Waals surface area contributed by atoms with Crippen LogP contribution in [0.4, 0.5) is 9.18 Å². The summed E-state index contributed by atoms with van der Waals surface area (Å²) in [6.07, 6.45) is 5.51. The van der Waals surface area contributed by atoms with Crippen molar-refractivity contribution in [2.24, 2.45) is 0 Å². The lowest BCUT2D eigenvalue weighted by Crippen LogP contribution is -2.40. The van der Waals surface area contributed by atoms with Gasteiger partial charge in [-0.3, -0.25) is 9.67 Å². The van der Waals surface area contributed by atoms with Crippen molar-refractivity contribution in [2.75, 3.05) is 19.6 Å². The molecule has 6 rings (SSSR count). The molecular weight excluding hydrogens is 441 g/mol. The Morgan fingerprint density at radius 2 is 1.91 bits per heavy atom. The van der Waals surface area contributed by atoms with Gasteiger partial charge >= 0.3 is 6.03 Å². The molecule has 1 unspecified atom stereocenters. The summed E-state index contributed by atoms with van der Waals surface area (Å²) >= 11 is 0. The number of amides is 2. The van der Waals surface area contributed by atoms with E-state index in [0.29, 0.717) is 6.54 Å². The van der Waals surface area contributed by atoms with Gasteiger partial charge in [-0.15, -0.1) is 0 Å². The fourth-order valence-electron chi connectivity index (χ4n) is 5.52. The Morgan fingerprint density at radius 1 is 1.09 bits per heavy atom. The van der Waals surface area contributed by atoms with E-state index in [0.717, 1.165) is 73.0 Å². The Bertz CT molecular complexity index is 1390. The number of nitrogens with zero attached hydrogens (tertiary/aromatic N) is 4. The van der Waals surface area contributed by atoms with Crippen molar-refractivity contribution in [3.8, 4) is 11.3 Å². The second-order valence-electron chi connectivity index (χ2n) is 9.72. The molecule has 7 heteroatoms. The van der Waals surface area contributed by atoms with Gasteiger partial charge in [0.25, 0.3) is 0 Å². The summed E-state index contributed by atoms with van der Waals surface area (Å²) in [7, 11) is 0. The molecule has 1 atom stereocenters. The number of carbonyl (C=O) groups is 1. The van der Waals surface area contributed by atoms with Crippen LogP contribution in [0.1, 0.15) is 31.9 Å². The normalized spacial score (nSPS) is 18.9. The summed E-state index contributed by atoms with van der Waals surface area (Å²) in [6, 6.07) is 19.0. The van der Waals surface area contributed by atoms with Gasteiger partial charge in [-0.25, -0.2) is 9.18 Å². The monoisotopic (exact) mass is 471 g/mol. The number of nitrogens with one attached hydrogen (secondary N) is 1. The topological polar surface area (TPSA) is 63.1 Å². The summed E-state index contributed by atoms with van der Waals surface area (Å²) in [6.45, 7) is 2.96. The Morgan fingerprint density at radius 3 is 2.80 bits per heavy atom. The number of aromatic nitrogens is 3. The first-order valence-corrected chi connectivity index (χ1v) is 12.3. The van der Waals surface area contributed by atoms with E-state index >= 15 is 0 Å². The van der Waals surface area contributed by atoms with Crippen LogP contribution in [0.15, 0.2) is 66.9 Å². The third kappa shape index (κ3) is 4.16. The predicted octanol–water partition coefficient (Wildman–Crippen LogP) is 5.17. The molecule has 0 saturated carbocycles. The lowest BCUT2D eigenvalue weighted by Gasteiger charge is -2.23.